The fraction of sp³-hybridized carbons (Fsp3) is 1.00. The first-order chi connectivity index (χ1) is 7.42. The third kappa shape index (κ3) is 2.92. The molecule has 0 radical (unpaired) electrons. The van der Waals surface area contributed by atoms with E-state index in [0.717, 1.165) is 19.1 Å². The van der Waals surface area contributed by atoms with Gasteiger partial charge in [-0.2, -0.15) is 0 Å². The highest BCUT2D eigenvalue weighted by atomic mass is 16.5. The summed E-state index contributed by atoms with van der Waals surface area (Å²) < 4.78 is 5.47. The summed E-state index contributed by atoms with van der Waals surface area (Å²) in [5.74, 6) is 7.16. The summed E-state index contributed by atoms with van der Waals surface area (Å²) in [7, 11) is 0. The molecule has 0 amide bonds. The largest absolute Gasteiger partial charge is 0.381 e. The van der Waals surface area contributed by atoms with Gasteiger partial charge in [-0.15, -0.1) is 0 Å². The van der Waals surface area contributed by atoms with Crippen molar-refractivity contribution >= 4 is 0 Å². The van der Waals surface area contributed by atoms with Crippen LogP contribution in [0.4, 0.5) is 0 Å². The molecule has 88 valence electrons. The molecule has 15 heavy (non-hydrogen) atoms. The number of rotatable bonds is 3. The smallest absolute Gasteiger partial charge is 0.0510 e. The van der Waals surface area contributed by atoms with Crippen LogP contribution in [-0.4, -0.2) is 19.3 Å². The molecule has 0 bridgehead atoms. The van der Waals surface area contributed by atoms with Crippen molar-refractivity contribution in [1.29, 1.82) is 0 Å². The van der Waals surface area contributed by atoms with Gasteiger partial charge in [-0.25, -0.2) is 0 Å². The van der Waals surface area contributed by atoms with E-state index in [2.05, 4.69) is 5.43 Å². The van der Waals surface area contributed by atoms with Crippen LogP contribution < -0.4 is 11.3 Å². The molecule has 0 aromatic carbocycles. The first kappa shape index (κ1) is 11.4. The molecule has 0 aromatic heterocycles. The van der Waals surface area contributed by atoms with Crippen molar-refractivity contribution in [2.45, 2.75) is 51.0 Å². The van der Waals surface area contributed by atoms with E-state index in [1.54, 1.807) is 0 Å². The van der Waals surface area contributed by atoms with Crippen LogP contribution in [0.5, 0.6) is 0 Å². The Hall–Kier alpha value is -0.120. The molecule has 3 N–H and O–H groups in total. The molecule has 2 rings (SSSR count). The zero-order chi connectivity index (χ0) is 10.5. The van der Waals surface area contributed by atoms with E-state index >= 15 is 0 Å². The molecule has 3 heteroatoms. The quantitative estimate of drug-likeness (QED) is 0.426. The van der Waals surface area contributed by atoms with Crippen LogP contribution in [-0.2, 0) is 4.74 Å². The molecule has 1 aliphatic carbocycles. The summed E-state index contributed by atoms with van der Waals surface area (Å²) in [6.45, 7) is 1.83. The zero-order valence-corrected chi connectivity index (χ0v) is 9.58. The average molecular weight is 212 g/mol. The van der Waals surface area contributed by atoms with Crippen LogP contribution in [0, 0.1) is 11.8 Å². The first-order valence-corrected chi connectivity index (χ1v) is 6.45. The molecule has 1 saturated heterocycles. The number of hydrazine groups is 1. The van der Waals surface area contributed by atoms with Gasteiger partial charge in [0.1, 0.15) is 0 Å². The van der Waals surface area contributed by atoms with Crippen LogP contribution in [0.2, 0.25) is 0 Å². The predicted molar refractivity (Wildman–Crippen MR) is 61.2 cm³/mol. The van der Waals surface area contributed by atoms with E-state index in [9.17, 15) is 0 Å². The van der Waals surface area contributed by atoms with Crippen molar-refractivity contribution in [2.24, 2.45) is 17.7 Å². The summed E-state index contributed by atoms with van der Waals surface area (Å²) in [6, 6.07) is 0.491. The number of hydrogen-bond donors (Lipinski definition) is 2. The molecular weight excluding hydrogens is 188 g/mol. The lowest BCUT2D eigenvalue weighted by Gasteiger charge is -2.29. The summed E-state index contributed by atoms with van der Waals surface area (Å²) in [5, 5.41) is 0. The predicted octanol–water partition coefficient (Wildman–Crippen LogP) is 1.83. The van der Waals surface area contributed by atoms with Gasteiger partial charge in [-0.1, -0.05) is 25.7 Å². The van der Waals surface area contributed by atoms with E-state index < -0.39 is 0 Å². The Labute approximate surface area is 92.7 Å². The molecule has 1 heterocycles. The minimum absolute atomic E-state index is 0.491. The van der Waals surface area contributed by atoms with Gasteiger partial charge in [0.15, 0.2) is 0 Å². The molecule has 3 nitrogen and oxygen atoms in total. The Morgan fingerprint density at radius 3 is 2.27 bits per heavy atom. The maximum Gasteiger partial charge on any atom is 0.0510 e. The second-order valence-electron chi connectivity index (χ2n) is 5.07. The average Bonchev–Trinajstić information content (AvgIpc) is 2.63. The van der Waals surface area contributed by atoms with Crippen LogP contribution in [0.25, 0.3) is 0 Å². The Morgan fingerprint density at radius 2 is 1.73 bits per heavy atom. The van der Waals surface area contributed by atoms with Gasteiger partial charge in [0.25, 0.3) is 0 Å². The minimum Gasteiger partial charge on any atom is -0.381 e. The van der Waals surface area contributed by atoms with Crippen LogP contribution in [0.1, 0.15) is 44.9 Å². The topological polar surface area (TPSA) is 47.3 Å². The third-order valence-corrected chi connectivity index (χ3v) is 4.07. The normalized spacial score (nSPS) is 31.4. The highest BCUT2D eigenvalue weighted by Gasteiger charge is 2.31. The fourth-order valence-electron chi connectivity index (χ4n) is 3.16. The lowest BCUT2D eigenvalue weighted by atomic mass is 9.83. The van der Waals surface area contributed by atoms with E-state index in [-0.39, 0.29) is 0 Å². The van der Waals surface area contributed by atoms with E-state index in [0.29, 0.717) is 12.0 Å². The van der Waals surface area contributed by atoms with Gasteiger partial charge in [0.2, 0.25) is 0 Å². The molecule has 1 saturated carbocycles. The van der Waals surface area contributed by atoms with Crippen LogP contribution in [0.15, 0.2) is 0 Å². The summed E-state index contributed by atoms with van der Waals surface area (Å²) in [4.78, 5) is 0. The van der Waals surface area contributed by atoms with Gasteiger partial charge >= 0.3 is 0 Å². The second kappa shape index (κ2) is 5.83. The standard InChI is InChI=1S/C12H24N2O/c13-14-12(11-7-8-15-9-11)10-5-3-1-2-4-6-10/h10-12,14H,1-9,13H2. The van der Waals surface area contributed by atoms with Gasteiger partial charge in [0.05, 0.1) is 6.61 Å². The minimum atomic E-state index is 0.491. The molecule has 0 aromatic rings. The van der Waals surface area contributed by atoms with Crippen LogP contribution in [0.3, 0.4) is 0 Å². The highest BCUT2D eigenvalue weighted by molar-refractivity contribution is 4.84. The van der Waals surface area contributed by atoms with Gasteiger partial charge in [-0.05, 0) is 25.2 Å². The number of ether oxygens (including phenoxy) is 1. The second-order valence-corrected chi connectivity index (χ2v) is 5.07. The van der Waals surface area contributed by atoms with E-state index in [4.69, 9.17) is 10.6 Å². The van der Waals surface area contributed by atoms with Crippen LogP contribution >= 0.6 is 0 Å². The maximum atomic E-state index is 5.73. The van der Waals surface area contributed by atoms with Crippen molar-refractivity contribution in [2.75, 3.05) is 13.2 Å². The number of nitrogens with one attached hydrogen (secondary N) is 1. The van der Waals surface area contributed by atoms with Crippen molar-refractivity contribution in [3.05, 3.63) is 0 Å². The van der Waals surface area contributed by atoms with E-state index in [1.165, 1.54) is 44.9 Å². The SMILES string of the molecule is NNC(C1CCCCCC1)C1CCOC1. The molecule has 2 unspecified atom stereocenters. The fourth-order valence-corrected chi connectivity index (χ4v) is 3.16. The van der Waals surface area contributed by atoms with Crippen molar-refractivity contribution < 1.29 is 4.74 Å². The number of nitrogens with two attached hydrogens (primary N) is 1. The zero-order valence-electron chi connectivity index (χ0n) is 9.58. The van der Waals surface area contributed by atoms with Gasteiger partial charge in [-0.3, -0.25) is 11.3 Å². The van der Waals surface area contributed by atoms with E-state index in [1.807, 2.05) is 0 Å². The Balaban J connectivity index is 1.91. The van der Waals surface area contributed by atoms with Crippen molar-refractivity contribution in [1.82, 2.24) is 5.43 Å². The maximum absolute atomic E-state index is 5.73. The first-order valence-electron chi connectivity index (χ1n) is 6.45. The van der Waals surface area contributed by atoms with Gasteiger partial charge in [0, 0.05) is 18.6 Å². The lowest BCUT2D eigenvalue weighted by Crippen LogP contribution is -2.46. The molecule has 2 aliphatic rings. The van der Waals surface area contributed by atoms with Crippen molar-refractivity contribution in [3.63, 3.8) is 0 Å². The van der Waals surface area contributed by atoms with Gasteiger partial charge < -0.3 is 4.74 Å². The molecule has 2 fully saturated rings. The Morgan fingerprint density at radius 1 is 1.00 bits per heavy atom. The number of hydrogen-bond acceptors (Lipinski definition) is 3. The molecular formula is C12H24N2O. The molecule has 1 aliphatic heterocycles. The summed E-state index contributed by atoms with van der Waals surface area (Å²) in [6.07, 6.45) is 9.48. The molecule has 0 spiro atoms. The highest BCUT2D eigenvalue weighted by Crippen LogP contribution is 2.31. The third-order valence-electron chi connectivity index (χ3n) is 4.07. The summed E-state index contributed by atoms with van der Waals surface area (Å²) >= 11 is 0. The van der Waals surface area contributed by atoms with Crippen molar-refractivity contribution in [3.8, 4) is 0 Å². The molecule has 2 atom stereocenters. The Kier molecular flexibility index (Phi) is 4.42. The lowest BCUT2D eigenvalue weighted by molar-refractivity contribution is 0.160. The monoisotopic (exact) mass is 212 g/mol. The summed E-state index contributed by atoms with van der Waals surface area (Å²) in [5.41, 5.74) is 3.06. The Bertz CT molecular complexity index is 172.